The van der Waals surface area contributed by atoms with Crippen LogP contribution in [0, 0.1) is 5.92 Å². The normalized spacial score (nSPS) is 27.1. The van der Waals surface area contributed by atoms with Crippen molar-refractivity contribution in [1.29, 1.82) is 0 Å². The van der Waals surface area contributed by atoms with Crippen molar-refractivity contribution in [2.75, 3.05) is 4.90 Å². The number of imide groups is 1. The first kappa shape index (κ1) is 19.3. The number of anilines is 1. The van der Waals surface area contributed by atoms with Gasteiger partial charge >= 0.3 is 11.0 Å². The number of nitrogens with one attached hydrogen (secondary N) is 1. The van der Waals surface area contributed by atoms with Crippen LogP contribution in [0.3, 0.4) is 0 Å². The van der Waals surface area contributed by atoms with Crippen LogP contribution < -0.4 is 9.77 Å². The van der Waals surface area contributed by atoms with Crippen molar-refractivity contribution in [2.45, 2.75) is 42.1 Å². The Bertz CT molecular complexity index is 1050. The monoisotopic (exact) mass is 428 g/mol. The first-order valence-corrected chi connectivity index (χ1v) is 10.2. The number of thiazole rings is 1. The SMILES string of the molecule is CC[C@]1(C)c2sc(=O)[nH]c2S[C@@H]2C(=O)N(c3cccc(C(F)(F)F)c3)C(=O)[C@H]21. The molecule has 5 nitrogen and oxygen atoms in total. The lowest BCUT2D eigenvalue weighted by molar-refractivity contribution is -0.137. The third-order valence-electron chi connectivity index (χ3n) is 5.49. The number of nitrogens with zero attached hydrogens (tertiary/aromatic N) is 1. The second-order valence-electron chi connectivity index (χ2n) is 7.02. The molecule has 1 saturated heterocycles. The number of aromatic amines is 1. The lowest BCUT2D eigenvalue weighted by atomic mass is 9.72. The van der Waals surface area contributed by atoms with E-state index in [4.69, 9.17) is 0 Å². The van der Waals surface area contributed by atoms with Crippen LogP contribution in [0.2, 0.25) is 0 Å². The molecule has 2 aliphatic rings. The Kier molecular flexibility index (Phi) is 4.27. The highest BCUT2D eigenvalue weighted by atomic mass is 32.2. The van der Waals surface area contributed by atoms with Gasteiger partial charge in [-0.15, -0.1) is 0 Å². The number of H-pyrrole nitrogens is 1. The van der Waals surface area contributed by atoms with E-state index in [0.717, 1.165) is 45.0 Å². The summed E-state index contributed by atoms with van der Waals surface area (Å²) in [5.74, 6) is -1.84. The zero-order valence-corrected chi connectivity index (χ0v) is 16.4. The van der Waals surface area contributed by atoms with Crippen molar-refractivity contribution in [2.24, 2.45) is 5.92 Å². The molecule has 28 heavy (non-hydrogen) atoms. The summed E-state index contributed by atoms with van der Waals surface area (Å²) in [7, 11) is 0. The number of amides is 2. The Morgan fingerprint density at radius 2 is 1.93 bits per heavy atom. The molecule has 4 rings (SSSR count). The number of benzene rings is 1. The number of thioether (sulfide) groups is 1. The van der Waals surface area contributed by atoms with Crippen LogP contribution in [-0.4, -0.2) is 22.0 Å². The van der Waals surface area contributed by atoms with Crippen LogP contribution in [0.15, 0.2) is 34.1 Å². The Balaban J connectivity index is 1.81. The van der Waals surface area contributed by atoms with E-state index >= 15 is 0 Å². The number of alkyl halides is 3. The van der Waals surface area contributed by atoms with Crippen LogP contribution in [0.25, 0.3) is 0 Å². The van der Waals surface area contributed by atoms with Gasteiger partial charge in [-0.3, -0.25) is 14.4 Å². The van der Waals surface area contributed by atoms with Gasteiger partial charge in [-0.1, -0.05) is 43.0 Å². The number of hydrogen-bond donors (Lipinski definition) is 1. The number of carbonyl (C=O) groups excluding carboxylic acids is 2. The second kappa shape index (κ2) is 6.21. The van der Waals surface area contributed by atoms with E-state index in [-0.39, 0.29) is 10.6 Å². The summed E-state index contributed by atoms with van der Waals surface area (Å²) >= 11 is 2.12. The molecule has 2 aromatic rings. The van der Waals surface area contributed by atoms with Gasteiger partial charge in [-0.05, 0) is 24.6 Å². The lowest BCUT2D eigenvalue weighted by Crippen LogP contribution is -2.43. The van der Waals surface area contributed by atoms with Crippen molar-refractivity contribution < 1.29 is 22.8 Å². The fraction of sp³-hybridized carbons (Fsp3) is 0.389. The summed E-state index contributed by atoms with van der Waals surface area (Å²) in [6, 6.07) is 4.22. The maximum Gasteiger partial charge on any atom is 0.416 e. The number of rotatable bonds is 2. The van der Waals surface area contributed by atoms with Crippen molar-refractivity contribution in [3.63, 3.8) is 0 Å². The maximum absolute atomic E-state index is 13.2. The first-order valence-electron chi connectivity index (χ1n) is 8.53. The molecule has 2 amide bonds. The fourth-order valence-electron chi connectivity index (χ4n) is 3.87. The van der Waals surface area contributed by atoms with Gasteiger partial charge < -0.3 is 4.98 Å². The molecular formula is C18H15F3N2O3S2. The van der Waals surface area contributed by atoms with E-state index in [1.165, 1.54) is 12.1 Å². The van der Waals surface area contributed by atoms with Crippen LogP contribution in [0.4, 0.5) is 18.9 Å². The molecule has 0 unspecified atom stereocenters. The second-order valence-corrected chi connectivity index (χ2v) is 9.15. The van der Waals surface area contributed by atoms with Crippen molar-refractivity contribution in [3.8, 4) is 0 Å². The smallest absolute Gasteiger partial charge is 0.307 e. The topological polar surface area (TPSA) is 70.2 Å². The van der Waals surface area contributed by atoms with Crippen LogP contribution >= 0.6 is 23.1 Å². The Morgan fingerprint density at radius 3 is 2.57 bits per heavy atom. The standard InChI is InChI=1S/C18H15F3N2O3S2/c1-3-17(2)10-11(27-13-12(17)28-16(26)22-13)15(25)23(14(10)24)9-6-4-5-8(7-9)18(19,20)21/h4-7,10-11H,3H2,1-2H3,(H,22,26)/t10-,11-,17-/m0/s1. The Labute approximate surface area is 165 Å². The lowest BCUT2D eigenvalue weighted by Gasteiger charge is -2.38. The average molecular weight is 428 g/mol. The van der Waals surface area contributed by atoms with Gasteiger partial charge in [0.1, 0.15) is 5.25 Å². The summed E-state index contributed by atoms with van der Waals surface area (Å²) < 4.78 is 39.2. The molecule has 1 aromatic heterocycles. The summed E-state index contributed by atoms with van der Waals surface area (Å²) in [6.07, 6.45) is -4.07. The minimum atomic E-state index is -4.58. The molecule has 1 fully saturated rings. The summed E-state index contributed by atoms with van der Waals surface area (Å²) in [5.41, 5.74) is -1.76. The molecule has 3 atom stereocenters. The van der Waals surface area contributed by atoms with Gasteiger partial charge in [-0.25, -0.2) is 4.90 Å². The third kappa shape index (κ3) is 2.65. The van der Waals surface area contributed by atoms with Crippen LogP contribution in [-0.2, 0) is 21.2 Å². The van der Waals surface area contributed by atoms with Gasteiger partial charge in [-0.2, -0.15) is 13.2 Å². The predicted molar refractivity (Wildman–Crippen MR) is 99.7 cm³/mol. The van der Waals surface area contributed by atoms with Gasteiger partial charge in [0, 0.05) is 10.3 Å². The Morgan fingerprint density at radius 1 is 1.21 bits per heavy atom. The quantitative estimate of drug-likeness (QED) is 0.739. The summed E-state index contributed by atoms with van der Waals surface area (Å²) in [4.78, 5) is 42.1. The molecule has 0 bridgehead atoms. The van der Waals surface area contributed by atoms with E-state index < -0.39 is 40.1 Å². The Hall–Kier alpha value is -2.07. The van der Waals surface area contributed by atoms with E-state index in [2.05, 4.69) is 4.98 Å². The number of fused-ring (bicyclic) bond motifs is 2. The zero-order chi connectivity index (χ0) is 20.4. The van der Waals surface area contributed by atoms with Gasteiger partial charge in [0.15, 0.2) is 0 Å². The predicted octanol–water partition coefficient (Wildman–Crippen LogP) is 3.79. The zero-order valence-electron chi connectivity index (χ0n) is 14.8. The van der Waals surface area contributed by atoms with Gasteiger partial charge in [0.2, 0.25) is 11.8 Å². The highest BCUT2D eigenvalue weighted by Gasteiger charge is 2.60. The van der Waals surface area contributed by atoms with E-state index in [1.54, 1.807) is 0 Å². The maximum atomic E-state index is 13.2. The number of aromatic nitrogens is 1. The highest BCUT2D eigenvalue weighted by Crippen LogP contribution is 2.55. The van der Waals surface area contributed by atoms with E-state index in [1.807, 2.05) is 13.8 Å². The summed E-state index contributed by atoms with van der Waals surface area (Å²) in [5, 5.41) is -0.225. The van der Waals surface area contributed by atoms with Crippen molar-refractivity contribution in [3.05, 3.63) is 44.4 Å². The first-order chi connectivity index (χ1) is 13.1. The molecule has 10 heteroatoms. The van der Waals surface area contributed by atoms with Crippen LogP contribution in [0.5, 0.6) is 0 Å². The molecule has 0 aliphatic carbocycles. The number of halogens is 3. The molecule has 0 saturated carbocycles. The van der Waals surface area contributed by atoms with Gasteiger partial charge in [0.25, 0.3) is 0 Å². The van der Waals surface area contributed by atoms with E-state index in [9.17, 15) is 27.6 Å². The fourth-order valence-corrected chi connectivity index (χ4v) is 6.69. The molecule has 148 valence electrons. The molecule has 1 N–H and O–H groups in total. The molecule has 0 radical (unpaired) electrons. The minimum absolute atomic E-state index is 0.0878. The molecule has 1 aromatic carbocycles. The largest absolute Gasteiger partial charge is 0.416 e. The minimum Gasteiger partial charge on any atom is -0.307 e. The van der Waals surface area contributed by atoms with Crippen LogP contribution in [0.1, 0.15) is 30.7 Å². The molecule has 0 spiro atoms. The summed E-state index contributed by atoms with van der Waals surface area (Å²) in [6.45, 7) is 3.69. The third-order valence-corrected chi connectivity index (χ3v) is 8.05. The van der Waals surface area contributed by atoms with Gasteiger partial charge in [0.05, 0.1) is 22.2 Å². The van der Waals surface area contributed by atoms with Crippen molar-refractivity contribution in [1.82, 2.24) is 4.98 Å². The van der Waals surface area contributed by atoms with Crippen molar-refractivity contribution >= 4 is 40.6 Å². The number of carbonyl (C=O) groups is 2. The average Bonchev–Trinajstić information content (AvgIpc) is 3.13. The molecule has 2 aliphatic heterocycles. The number of hydrogen-bond acceptors (Lipinski definition) is 5. The molecule has 3 heterocycles. The van der Waals surface area contributed by atoms with E-state index in [0.29, 0.717) is 11.4 Å². The molecular weight excluding hydrogens is 413 g/mol. The highest BCUT2D eigenvalue weighted by molar-refractivity contribution is 8.00.